The van der Waals surface area contributed by atoms with Gasteiger partial charge >= 0.3 is 0 Å². The summed E-state index contributed by atoms with van der Waals surface area (Å²) in [5.74, 6) is 0.528. The minimum absolute atomic E-state index is 0.100. The number of aryl methyl sites for hydroxylation is 4. The highest BCUT2D eigenvalue weighted by Crippen LogP contribution is 2.31. The van der Waals surface area contributed by atoms with E-state index in [0.29, 0.717) is 6.42 Å². The lowest BCUT2D eigenvalue weighted by Crippen LogP contribution is -2.36. The van der Waals surface area contributed by atoms with Gasteiger partial charge in [-0.25, -0.2) is 4.39 Å². The van der Waals surface area contributed by atoms with Crippen molar-refractivity contribution in [2.24, 2.45) is 5.92 Å². The maximum Gasteiger partial charge on any atom is 0.228 e. The topological polar surface area (TPSA) is 83.1 Å². The van der Waals surface area contributed by atoms with E-state index in [1.807, 2.05) is 13.8 Å². The smallest absolute Gasteiger partial charge is 0.228 e. The number of hydrogen-bond acceptors (Lipinski definition) is 6. The van der Waals surface area contributed by atoms with E-state index in [0.717, 1.165) is 110 Å². The van der Waals surface area contributed by atoms with E-state index in [2.05, 4.69) is 58.5 Å². The van der Waals surface area contributed by atoms with Crippen molar-refractivity contribution in [2.45, 2.75) is 72.6 Å². The molecule has 0 radical (unpaired) electrons. The molecule has 3 aromatic rings. The molecule has 3 aromatic carbocycles. The van der Waals surface area contributed by atoms with Crippen molar-refractivity contribution in [1.82, 2.24) is 0 Å². The van der Waals surface area contributed by atoms with Gasteiger partial charge in [0.25, 0.3) is 0 Å². The summed E-state index contributed by atoms with van der Waals surface area (Å²) in [6.07, 6.45) is 7.20. The fraction of sp³-hybridized carbons (Fsp3) is 0.500. The van der Waals surface area contributed by atoms with Gasteiger partial charge in [0.1, 0.15) is 5.82 Å². The fourth-order valence-electron chi connectivity index (χ4n) is 7.09. The van der Waals surface area contributed by atoms with Gasteiger partial charge in [-0.3, -0.25) is 9.59 Å². The minimum Gasteiger partial charge on any atom is -0.378 e. The standard InChI is InChI=1S/C20H23FN2O2.C20H30N2O2/c1-14-11-18(23-7-9-25-10-8-23)12-15(2)20(14)22-19(24)13-16-3-5-17(21)6-4-16;1-15-13-18(22-9-11-24-12-10-22)14-16(2)20(15)21-19(23)8-7-17-5-3-4-6-17/h3-6,11-12H,7-10,13H2,1-2H3,(H,22,24);13-14,17H,3-12H2,1-2H3,(H,21,23). The summed E-state index contributed by atoms with van der Waals surface area (Å²) in [6.45, 7) is 14.9. The van der Waals surface area contributed by atoms with Crippen molar-refractivity contribution in [2.75, 3.05) is 73.0 Å². The van der Waals surface area contributed by atoms with Gasteiger partial charge in [-0.2, -0.15) is 0 Å². The van der Waals surface area contributed by atoms with Crippen LogP contribution >= 0.6 is 0 Å². The number of nitrogens with zero attached hydrogens (tertiary/aromatic N) is 2. The number of halogens is 1. The van der Waals surface area contributed by atoms with Crippen LogP contribution in [-0.2, 0) is 25.5 Å². The van der Waals surface area contributed by atoms with Crippen molar-refractivity contribution >= 4 is 34.6 Å². The molecule has 49 heavy (non-hydrogen) atoms. The van der Waals surface area contributed by atoms with Crippen LogP contribution in [0.3, 0.4) is 0 Å². The summed E-state index contributed by atoms with van der Waals surface area (Å²) < 4.78 is 23.8. The number of rotatable bonds is 9. The molecular formula is C40H53FN4O4. The number of anilines is 4. The molecule has 2 saturated heterocycles. The van der Waals surface area contributed by atoms with Crippen molar-refractivity contribution in [3.05, 3.63) is 82.2 Å². The first-order chi connectivity index (χ1) is 23.7. The second-order valence-corrected chi connectivity index (χ2v) is 13.7. The predicted octanol–water partition coefficient (Wildman–Crippen LogP) is 7.51. The summed E-state index contributed by atoms with van der Waals surface area (Å²) in [5, 5.41) is 6.15. The molecule has 6 rings (SSSR count). The lowest BCUT2D eigenvalue weighted by atomic mass is 10.0. The van der Waals surface area contributed by atoms with Crippen molar-refractivity contribution in [3.8, 4) is 0 Å². The van der Waals surface area contributed by atoms with Gasteiger partial charge in [-0.1, -0.05) is 37.8 Å². The van der Waals surface area contributed by atoms with Crippen LogP contribution in [0, 0.1) is 39.4 Å². The Morgan fingerprint density at radius 1 is 0.694 bits per heavy atom. The Balaban J connectivity index is 0.000000191. The quantitative estimate of drug-likeness (QED) is 0.245. The minimum atomic E-state index is -0.297. The van der Waals surface area contributed by atoms with Crippen LogP contribution in [0.4, 0.5) is 27.1 Å². The molecule has 0 bridgehead atoms. The number of ether oxygens (including phenoxy) is 2. The average molecular weight is 673 g/mol. The van der Waals surface area contributed by atoms with Crippen LogP contribution in [0.25, 0.3) is 0 Å². The van der Waals surface area contributed by atoms with Gasteiger partial charge in [0.05, 0.1) is 32.8 Å². The van der Waals surface area contributed by atoms with E-state index in [1.54, 1.807) is 12.1 Å². The molecule has 9 heteroatoms. The molecule has 1 saturated carbocycles. The SMILES string of the molecule is Cc1cc(N2CCOCC2)cc(C)c1NC(=O)CCC1CCCC1.Cc1cc(N2CCOCC2)cc(C)c1NC(=O)Cc1ccc(F)cc1. The molecular weight excluding hydrogens is 619 g/mol. The number of amides is 2. The number of carbonyl (C=O) groups excluding carboxylic acids is 2. The van der Waals surface area contributed by atoms with E-state index in [1.165, 1.54) is 43.5 Å². The van der Waals surface area contributed by atoms with Crippen LogP contribution in [0.2, 0.25) is 0 Å². The molecule has 0 atom stereocenters. The molecule has 8 nitrogen and oxygen atoms in total. The molecule has 0 spiro atoms. The second-order valence-electron chi connectivity index (χ2n) is 13.7. The molecule has 0 aromatic heterocycles. The Morgan fingerprint density at radius 2 is 1.12 bits per heavy atom. The molecule has 0 unspecified atom stereocenters. The molecule has 3 fully saturated rings. The van der Waals surface area contributed by atoms with E-state index < -0.39 is 0 Å². The number of morpholine rings is 2. The van der Waals surface area contributed by atoms with E-state index in [4.69, 9.17) is 9.47 Å². The van der Waals surface area contributed by atoms with Crippen LogP contribution < -0.4 is 20.4 Å². The third-order valence-electron chi connectivity index (χ3n) is 9.85. The largest absolute Gasteiger partial charge is 0.378 e. The number of benzene rings is 3. The normalized spacial score (nSPS) is 16.6. The zero-order valence-electron chi connectivity index (χ0n) is 29.7. The summed E-state index contributed by atoms with van der Waals surface area (Å²) in [7, 11) is 0. The van der Waals surface area contributed by atoms with Gasteiger partial charge < -0.3 is 29.9 Å². The number of hydrogen-bond donors (Lipinski definition) is 2. The van der Waals surface area contributed by atoms with Gasteiger partial charge in [0.15, 0.2) is 0 Å². The highest BCUT2D eigenvalue weighted by molar-refractivity contribution is 5.94. The van der Waals surface area contributed by atoms with Gasteiger partial charge in [0.2, 0.25) is 11.8 Å². The van der Waals surface area contributed by atoms with Crippen LogP contribution in [0.1, 0.15) is 66.3 Å². The van der Waals surface area contributed by atoms with Crippen molar-refractivity contribution in [3.63, 3.8) is 0 Å². The molecule has 2 heterocycles. The Labute approximate surface area is 291 Å². The zero-order valence-corrected chi connectivity index (χ0v) is 29.7. The highest BCUT2D eigenvalue weighted by Gasteiger charge is 2.19. The molecule has 3 aliphatic rings. The molecule has 1 aliphatic carbocycles. The first-order valence-electron chi connectivity index (χ1n) is 17.9. The maximum atomic E-state index is 13.0. The monoisotopic (exact) mass is 672 g/mol. The average Bonchev–Trinajstić information content (AvgIpc) is 3.63. The predicted molar refractivity (Wildman–Crippen MR) is 196 cm³/mol. The van der Waals surface area contributed by atoms with E-state index in [9.17, 15) is 14.0 Å². The van der Waals surface area contributed by atoms with Crippen molar-refractivity contribution < 1.29 is 23.5 Å². The number of nitrogens with one attached hydrogen (secondary N) is 2. The molecule has 264 valence electrons. The molecule has 2 aliphatic heterocycles. The van der Waals surface area contributed by atoms with Crippen LogP contribution in [0.15, 0.2) is 48.5 Å². The summed E-state index contributed by atoms with van der Waals surface area (Å²) in [6, 6.07) is 14.6. The number of carbonyl (C=O) groups is 2. The van der Waals surface area contributed by atoms with Gasteiger partial charge in [-0.05, 0) is 104 Å². The lowest BCUT2D eigenvalue weighted by Gasteiger charge is -2.30. The first kappa shape index (κ1) is 36.3. The Morgan fingerprint density at radius 3 is 1.57 bits per heavy atom. The van der Waals surface area contributed by atoms with E-state index in [-0.39, 0.29) is 24.1 Å². The second kappa shape index (κ2) is 17.6. The summed E-state index contributed by atoms with van der Waals surface area (Å²) >= 11 is 0. The summed E-state index contributed by atoms with van der Waals surface area (Å²) in [4.78, 5) is 29.3. The maximum absolute atomic E-state index is 13.0. The fourth-order valence-corrected chi connectivity index (χ4v) is 7.09. The Kier molecular flexibility index (Phi) is 13.1. The Bertz CT molecular complexity index is 1510. The zero-order chi connectivity index (χ0) is 34.8. The Hall–Kier alpha value is -3.95. The molecule has 2 amide bonds. The third-order valence-corrected chi connectivity index (χ3v) is 9.85. The van der Waals surface area contributed by atoms with Crippen LogP contribution in [-0.4, -0.2) is 64.4 Å². The highest BCUT2D eigenvalue weighted by atomic mass is 19.1. The lowest BCUT2D eigenvalue weighted by molar-refractivity contribution is -0.117. The first-order valence-corrected chi connectivity index (χ1v) is 17.9. The summed E-state index contributed by atoms with van der Waals surface area (Å²) in [5.41, 5.74) is 9.39. The van der Waals surface area contributed by atoms with Gasteiger partial charge in [0, 0.05) is 55.3 Å². The van der Waals surface area contributed by atoms with E-state index >= 15 is 0 Å². The third kappa shape index (κ3) is 10.5. The van der Waals surface area contributed by atoms with Gasteiger partial charge in [-0.15, -0.1) is 0 Å². The van der Waals surface area contributed by atoms with Crippen molar-refractivity contribution in [1.29, 1.82) is 0 Å². The van der Waals surface area contributed by atoms with Crippen LogP contribution in [0.5, 0.6) is 0 Å². The molecule has 2 N–H and O–H groups in total.